The summed E-state index contributed by atoms with van der Waals surface area (Å²) in [6.07, 6.45) is 0.0525. The lowest BCUT2D eigenvalue weighted by atomic mass is 10.0. The normalized spacial score (nSPS) is 14.9. The van der Waals surface area contributed by atoms with Gasteiger partial charge in [0.05, 0.1) is 0 Å². The van der Waals surface area contributed by atoms with Crippen molar-refractivity contribution in [2.75, 3.05) is 26.9 Å². The Bertz CT molecular complexity index is 310. The summed E-state index contributed by atoms with van der Waals surface area (Å²) in [6, 6.07) is -0.795. The monoisotopic (exact) mass is 271 g/mol. The van der Waals surface area contributed by atoms with Gasteiger partial charge in [-0.05, 0) is 6.42 Å². The summed E-state index contributed by atoms with van der Waals surface area (Å²) in [7, 11) is 1.52. The van der Waals surface area contributed by atoms with Crippen molar-refractivity contribution in [2.45, 2.75) is 31.1 Å². The predicted molar refractivity (Wildman–Crippen MR) is 71.5 cm³/mol. The Kier molecular flexibility index (Phi) is 11.0. The minimum absolute atomic E-state index is 0.0241. The van der Waals surface area contributed by atoms with E-state index in [9.17, 15) is 10.0 Å². The Hall–Kier alpha value is -1.26. The number of ether oxygens (including phenoxy) is 2. The zero-order valence-electron chi connectivity index (χ0n) is 11.1. The Morgan fingerprint density at radius 1 is 1.47 bits per heavy atom. The number of nitrogens with zero attached hydrogens (tertiary/aromatic N) is 1. The van der Waals surface area contributed by atoms with Crippen LogP contribution in [0.15, 0.2) is 17.8 Å². The van der Waals surface area contributed by atoms with Crippen LogP contribution in [-0.4, -0.2) is 55.4 Å². The zero-order chi connectivity index (χ0) is 14.5. The molecule has 0 unspecified atom stereocenters. The highest BCUT2D eigenvalue weighted by Crippen LogP contribution is 2.13. The molecule has 0 aliphatic carbocycles. The van der Waals surface area contributed by atoms with E-state index in [1.807, 2.05) is 0 Å². The van der Waals surface area contributed by atoms with Gasteiger partial charge in [0, 0.05) is 26.7 Å². The predicted octanol–water partition coefficient (Wildman–Crippen LogP) is 0.476. The first-order chi connectivity index (χ1) is 9.21. The maximum Gasteiger partial charge on any atom is 0.132 e. The minimum Gasteiger partial charge on any atom is -0.396 e. The van der Waals surface area contributed by atoms with Crippen molar-refractivity contribution < 1.29 is 19.7 Å². The fourth-order valence-electron chi connectivity index (χ4n) is 1.37. The number of aliphatic hydroxyl groups excluding tert-OH is 2. The van der Waals surface area contributed by atoms with E-state index in [2.05, 4.69) is 23.6 Å². The number of rotatable bonds is 10. The van der Waals surface area contributed by atoms with E-state index in [-0.39, 0.29) is 26.2 Å². The third kappa shape index (κ3) is 7.70. The number of hydrogen-bond donors (Lipinski definition) is 2. The van der Waals surface area contributed by atoms with Gasteiger partial charge in [-0.3, -0.25) is 0 Å². The second-order valence-electron chi connectivity index (χ2n) is 3.80. The fraction of sp³-hybridized carbons (Fsp3) is 0.692. The van der Waals surface area contributed by atoms with E-state index in [1.54, 1.807) is 0 Å². The molecule has 6 heteroatoms. The Morgan fingerprint density at radius 3 is 2.74 bits per heavy atom. The highest BCUT2D eigenvalue weighted by atomic mass is 16.5. The van der Waals surface area contributed by atoms with Crippen molar-refractivity contribution in [3.63, 3.8) is 0 Å². The maximum absolute atomic E-state index is 10.8. The van der Waals surface area contributed by atoms with Crippen LogP contribution in [0.25, 0.3) is 0 Å². The molecule has 0 saturated heterocycles. The van der Waals surface area contributed by atoms with Gasteiger partial charge in [0.15, 0.2) is 0 Å². The molecule has 0 heterocycles. The summed E-state index contributed by atoms with van der Waals surface area (Å²) in [6.45, 7) is 3.93. The first-order valence-electron chi connectivity index (χ1n) is 6.01. The summed E-state index contributed by atoms with van der Waals surface area (Å²) in [5.41, 5.74) is 0. The molecule has 0 aromatic heterocycles. The van der Waals surface area contributed by atoms with E-state index < -0.39 is 18.2 Å². The van der Waals surface area contributed by atoms with Crippen LogP contribution in [0.1, 0.15) is 12.8 Å². The molecular weight excluding hydrogens is 250 g/mol. The van der Waals surface area contributed by atoms with Crippen LogP contribution >= 0.6 is 0 Å². The average Bonchev–Trinajstić information content (AvgIpc) is 2.44. The summed E-state index contributed by atoms with van der Waals surface area (Å²) in [5, 5.41) is 21.4. The van der Waals surface area contributed by atoms with E-state index in [1.165, 1.54) is 13.2 Å². The lowest BCUT2D eigenvalue weighted by Crippen LogP contribution is -2.38. The molecule has 19 heavy (non-hydrogen) atoms. The van der Waals surface area contributed by atoms with Gasteiger partial charge in [-0.25, -0.2) is 0 Å². The Balaban J connectivity index is 4.54. The molecule has 0 spiro atoms. The lowest BCUT2D eigenvalue weighted by Gasteiger charge is -2.23. The van der Waals surface area contributed by atoms with Gasteiger partial charge in [0.1, 0.15) is 24.9 Å². The lowest BCUT2D eigenvalue weighted by molar-refractivity contribution is -0.0340. The summed E-state index contributed by atoms with van der Waals surface area (Å²) in [4.78, 5) is 10.8. The topological polar surface area (TPSA) is 88.3 Å². The van der Waals surface area contributed by atoms with Crippen molar-refractivity contribution in [1.29, 1.82) is 0 Å². The zero-order valence-corrected chi connectivity index (χ0v) is 11.1. The molecule has 0 saturated carbocycles. The quantitative estimate of drug-likeness (QED) is 0.261. The van der Waals surface area contributed by atoms with Crippen molar-refractivity contribution in [1.82, 2.24) is 0 Å². The van der Waals surface area contributed by atoms with E-state index >= 15 is 0 Å². The van der Waals surface area contributed by atoms with Crippen LogP contribution in [0, 0.1) is 16.7 Å². The smallest absolute Gasteiger partial charge is 0.132 e. The summed E-state index contributed by atoms with van der Waals surface area (Å²) in [5.74, 6) is 5.45. The molecule has 108 valence electrons. The largest absolute Gasteiger partial charge is 0.396 e. The number of hydrogen-bond acceptors (Lipinski definition) is 6. The molecule has 0 radical (unpaired) electrons. The van der Waals surface area contributed by atoms with Crippen LogP contribution in [-0.2, 0) is 9.47 Å². The van der Waals surface area contributed by atoms with Crippen LogP contribution in [0.2, 0.25) is 0 Å². The van der Waals surface area contributed by atoms with Crippen molar-refractivity contribution >= 4 is 0 Å². The molecule has 0 amide bonds. The second-order valence-corrected chi connectivity index (χ2v) is 3.80. The van der Waals surface area contributed by atoms with Crippen molar-refractivity contribution in [3.8, 4) is 11.8 Å². The Morgan fingerprint density at radius 2 is 2.21 bits per heavy atom. The molecule has 3 atom stereocenters. The van der Waals surface area contributed by atoms with Crippen LogP contribution < -0.4 is 0 Å². The third-order valence-corrected chi connectivity index (χ3v) is 2.36. The van der Waals surface area contributed by atoms with Gasteiger partial charge >= 0.3 is 0 Å². The fourth-order valence-corrected chi connectivity index (χ4v) is 1.37. The minimum atomic E-state index is -1.01. The van der Waals surface area contributed by atoms with E-state index in [0.29, 0.717) is 6.42 Å². The molecule has 0 fully saturated rings. The van der Waals surface area contributed by atoms with Gasteiger partial charge in [0.25, 0.3) is 0 Å². The first-order valence-corrected chi connectivity index (χ1v) is 6.01. The highest BCUT2D eigenvalue weighted by Gasteiger charge is 2.28. The third-order valence-electron chi connectivity index (χ3n) is 2.36. The van der Waals surface area contributed by atoms with Crippen LogP contribution in [0.4, 0.5) is 0 Å². The van der Waals surface area contributed by atoms with Gasteiger partial charge in [-0.15, -0.1) is 6.58 Å². The Labute approximate surface area is 113 Å². The van der Waals surface area contributed by atoms with Gasteiger partial charge in [-0.2, -0.15) is 4.91 Å². The molecule has 0 aromatic carbocycles. The van der Waals surface area contributed by atoms with Crippen molar-refractivity contribution in [3.05, 3.63) is 17.6 Å². The van der Waals surface area contributed by atoms with Gasteiger partial charge in [0.2, 0.25) is 0 Å². The SMILES string of the molecule is C=C[C@@H](O)[C@H](OCCCO)[C@@H](CC#CCOC)N=O. The molecular formula is C13H21NO5. The number of methoxy groups -OCH3 is 1. The molecule has 0 aliphatic rings. The highest BCUT2D eigenvalue weighted by molar-refractivity contribution is 5.04. The molecule has 0 bridgehead atoms. The molecule has 0 aromatic rings. The molecule has 0 aliphatic heterocycles. The molecule has 6 nitrogen and oxygen atoms in total. The van der Waals surface area contributed by atoms with Crippen LogP contribution in [0.5, 0.6) is 0 Å². The molecule has 0 rings (SSSR count). The summed E-state index contributed by atoms with van der Waals surface area (Å²) >= 11 is 0. The van der Waals surface area contributed by atoms with E-state index in [4.69, 9.17) is 14.6 Å². The van der Waals surface area contributed by atoms with Gasteiger partial charge < -0.3 is 19.7 Å². The average molecular weight is 271 g/mol. The van der Waals surface area contributed by atoms with Gasteiger partial charge in [-0.1, -0.05) is 23.1 Å². The van der Waals surface area contributed by atoms with Crippen LogP contribution in [0.3, 0.4) is 0 Å². The number of aliphatic hydroxyl groups is 2. The first kappa shape index (κ1) is 17.7. The molecule has 2 N–H and O–H groups in total. The standard InChI is InChI=1S/C13H21NO5/c1-3-12(16)13(19-10-6-8-15)11(14-17)7-4-5-9-18-2/h3,11-13,15-16H,1,6-10H2,2H3/t11-,12-,13-/m1/s1. The maximum atomic E-state index is 10.8. The summed E-state index contributed by atoms with van der Waals surface area (Å²) < 4.78 is 10.1. The van der Waals surface area contributed by atoms with Crippen molar-refractivity contribution in [2.24, 2.45) is 5.18 Å². The second kappa shape index (κ2) is 11.8. The van der Waals surface area contributed by atoms with E-state index in [0.717, 1.165) is 0 Å². The number of nitroso groups, excluding NO2 is 1.